The van der Waals surface area contributed by atoms with Gasteiger partial charge in [-0.25, -0.2) is 0 Å². The zero-order chi connectivity index (χ0) is 39.6. The lowest BCUT2D eigenvalue weighted by Gasteiger charge is -2.15. The van der Waals surface area contributed by atoms with Crippen molar-refractivity contribution in [2.75, 3.05) is 0 Å². The Labute approximate surface area is 348 Å². The summed E-state index contributed by atoms with van der Waals surface area (Å²) in [6, 6.07) is 84.3. The molecule has 12 rings (SSSR count). The van der Waals surface area contributed by atoms with Crippen molar-refractivity contribution in [2.24, 2.45) is 0 Å². The van der Waals surface area contributed by atoms with Gasteiger partial charge in [0.05, 0.1) is 22.1 Å². The third kappa shape index (κ3) is 5.50. The zero-order valence-electron chi connectivity index (χ0n) is 32.8. The predicted molar refractivity (Wildman–Crippen MR) is 254 cm³/mol. The molecule has 0 aliphatic carbocycles. The van der Waals surface area contributed by atoms with E-state index in [4.69, 9.17) is 0 Å². The SMILES string of the molecule is c1ccc(-c2cccc(-n3c4ccccc4c4ccc(-c5cccc6cccc(-c7ccc8c9ccccc9n(-c9cccc(-c%10ccccc%10)c9)c8c7)c56)cc43)c2)cc1. The third-order valence-corrected chi connectivity index (χ3v) is 12.3. The summed E-state index contributed by atoms with van der Waals surface area (Å²) >= 11 is 0. The predicted octanol–water partition coefficient (Wildman–Crippen LogP) is 15.7. The van der Waals surface area contributed by atoms with Crippen molar-refractivity contribution >= 4 is 54.4 Å². The maximum atomic E-state index is 2.44. The van der Waals surface area contributed by atoms with Crippen molar-refractivity contribution in [3.63, 3.8) is 0 Å². The molecule has 0 N–H and O–H groups in total. The lowest BCUT2D eigenvalue weighted by molar-refractivity contribution is 1.18. The van der Waals surface area contributed by atoms with Crippen LogP contribution in [0.3, 0.4) is 0 Å². The van der Waals surface area contributed by atoms with Crippen molar-refractivity contribution < 1.29 is 0 Å². The molecular formula is C58H38N2. The van der Waals surface area contributed by atoms with Gasteiger partial charge in [-0.1, -0.05) is 182 Å². The molecule has 2 nitrogen and oxygen atoms in total. The molecule has 10 aromatic carbocycles. The topological polar surface area (TPSA) is 9.86 Å². The number of benzene rings is 10. The summed E-state index contributed by atoms with van der Waals surface area (Å²) in [6.07, 6.45) is 0. The van der Waals surface area contributed by atoms with Crippen LogP contribution < -0.4 is 0 Å². The smallest absolute Gasteiger partial charge is 0.0547 e. The lowest BCUT2D eigenvalue weighted by atomic mass is 9.91. The standard InChI is InChI=1S/C58H38N2/c1-3-15-39(16-4-1)42-21-11-23-46(35-42)59-54-29-9-7-25-50(54)52-33-31-44(37-56(52)59)48-27-13-19-41-20-14-28-49(58(41)48)45-32-34-53-51-26-8-10-30-55(51)60(57(53)38-45)47-24-12-22-43(36-47)40-17-5-2-6-18-40/h1-38H. The van der Waals surface area contributed by atoms with Crippen molar-refractivity contribution in [2.45, 2.75) is 0 Å². The highest BCUT2D eigenvalue weighted by atomic mass is 15.0. The average Bonchev–Trinajstić information content (AvgIpc) is 3.84. The molecule has 280 valence electrons. The Bertz CT molecular complexity index is 3350. The van der Waals surface area contributed by atoms with Crippen molar-refractivity contribution in [1.29, 1.82) is 0 Å². The molecule has 0 aliphatic rings. The van der Waals surface area contributed by atoms with Gasteiger partial charge in [-0.05, 0) is 104 Å². The minimum Gasteiger partial charge on any atom is -0.309 e. The molecule has 0 bridgehead atoms. The summed E-state index contributed by atoms with van der Waals surface area (Å²) in [5, 5.41) is 7.46. The fourth-order valence-corrected chi connectivity index (χ4v) is 9.56. The Hall–Kier alpha value is -7.94. The Morgan fingerprint density at radius 3 is 1.12 bits per heavy atom. The average molecular weight is 763 g/mol. The molecule has 60 heavy (non-hydrogen) atoms. The third-order valence-electron chi connectivity index (χ3n) is 12.3. The zero-order valence-corrected chi connectivity index (χ0v) is 32.8. The number of nitrogens with zero attached hydrogens (tertiary/aromatic N) is 2. The van der Waals surface area contributed by atoms with Gasteiger partial charge in [0.2, 0.25) is 0 Å². The summed E-state index contributed by atoms with van der Waals surface area (Å²) in [5.74, 6) is 0. The van der Waals surface area contributed by atoms with E-state index in [1.165, 1.54) is 98.9 Å². The molecule has 0 atom stereocenters. The van der Waals surface area contributed by atoms with E-state index in [-0.39, 0.29) is 0 Å². The first-order chi connectivity index (χ1) is 29.8. The van der Waals surface area contributed by atoms with Crippen molar-refractivity contribution in [3.8, 4) is 55.9 Å². The molecule has 0 spiro atoms. The Balaban J connectivity index is 1.05. The number of hydrogen-bond acceptors (Lipinski definition) is 0. The van der Waals surface area contributed by atoms with Crippen LogP contribution in [-0.4, -0.2) is 9.13 Å². The van der Waals surface area contributed by atoms with Crippen molar-refractivity contribution in [1.82, 2.24) is 9.13 Å². The van der Waals surface area contributed by atoms with Crippen LogP contribution >= 0.6 is 0 Å². The quantitative estimate of drug-likeness (QED) is 0.160. The monoisotopic (exact) mass is 762 g/mol. The number of hydrogen-bond donors (Lipinski definition) is 0. The van der Waals surface area contributed by atoms with Gasteiger partial charge in [0.1, 0.15) is 0 Å². The number of aromatic nitrogens is 2. The van der Waals surface area contributed by atoms with Gasteiger partial charge in [-0.15, -0.1) is 0 Å². The van der Waals surface area contributed by atoms with Gasteiger partial charge in [0.25, 0.3) is 0 Å². The van der Waals surface area contributed by atoms with Crippen LogP contribution in [0, 0.1) is 0 Å². The normalized spacial score (nSPS) is 11.7. The first kappa shape index (κ1) is 34.1. The summed E-state index contributed by atoms with van der Waals surface area (Å²) in [5.41, 5.74) is 16.7. The van der Waals surface area contributed by atoms with Gasteiger partial charge < -0.3 is 9.13 Å². The number of para-hydroxylation sites is 2. The highest BCUT2D eigenvalue weighted by Gasteiger charge is 2.18. The van der Waals surface area contributed by atoms with Gasteiger partial charge >= 0.3 is 0 Å². The molecular weight excluding hydrogens is 725 g/mol. The molecule has 2 aromatic heterocycles. The molecule has 0 radical (unpaired) electrons. The largest absolute Gasteiger partial charge is 0.309 e. The highest BCUT2D eigenvalue weighted by molar-refractivity contribution is 6.14. The minimum absolute atomic E-state index is 1.15. The molecule has 2 heterocycles. The van der Waals surface area contributed by atoms with Crippen LogP contribution in [0.5, 0.6) is 0 Å². The molecule has 0 saturated heterocycles. The minimum atomic E-state index is 1.15. The van der Waals surface area contributed by atoms with E-state index < -0.39 is 0 Å². The second-order valence-electron chi connectivity index (χ2n) is 15.7. The van der Waals surface area contributed by atoms with Crippen LogP contribution in [0.25, 0.3) is 110 Å². The summed E-state index contributed by atoms with van der Waals surface area (Å²) in [4.78, 5) is 0. The van der Waals surface area contributed by atoms with Crippen LogP contribution in [0.2, 0.25) is 0 Å². The Morgan fingerprint density at radius 1 is 0.233 bits per heavy atom. The van der Waals surface area contributed by atoms with Gasteiger partial charge in [0.15, 0.2) is 0 Å². The Morgan fingerprint density at radius 2 is 0.633 bits per heavy atom. The maximum Gasteiger partial charge on any atom is 0.0547 e. The molecule has 0 aliphatic heterocycles. The van der Waals surface area contributed by atoms with Gasteiger partial charge in [-0.3, -0.25) is 0 Å². The van der Waals surface area contributed by atoms with E-state index >= 15 is 0 Å². The Kier molecular flexibility index (Phi) is 7.89. The van der Waals surface area contributed by atoms with E-state index in [2.05, 4.69) is 240 Å². The van der Waals surface area contributed by atoms with E-state index in [0.29, 0.717) is 0 Å². The van der Waals surface area contributed by atoms with E-state index in [1.54, 1.807) is 0 Å². The van der Waals surface area contributed by atoms with Crippen LogP contribution in [-0.2, 0) is 0 Å². The van der Waals surface area contributed by atoms with E-state index in [0.717, 1.165) is 11.4 Å². The number of rotatable bonds is 6. The van der Waals surface area contributed by atoms with Gasteiger partial charge in [0, 0.05) is 32.9 Å². The first-order valence-corrected chi connectivity index (χ1v) is 20.7. The second-order valence-corrected chi connectivity index (χ2v) is 15.7. The van der Waals surface area contributed by atoms with Crippen LogP contribution in [0.4, 0.5) is 0 Å². The molecule has 0 fully saturated rings. The maximum absolute atomic E-state index is 2.44. The van der Waals surface area contributed by atoms with Crippen molar-refractivity contribution in [3.05, 3.63) is 231 Å². The highest BCUT2D eigenvalue weighted by Crippen LogP contribution is 2.42. The summed E-state index contributed by atoms with van der Waals surface area (Å²) < 4.78 is 4.87. The second kappa shape index (κ2) is 13.9. The molecule has 0 amide bonds. The molecule has 0 saturated carbocycles. The summed E-state index contributed by atoms with van der Waals surface area (Å²) in [6.45, 7) is 0. The molecule has 0 unspecified atom stereocenters. The molecule has 2 heteroatoms. The fourth-order valence-electron chi connectivity index (χ4n) is 9.56. The fraction of sp³-hybridized carbons (Fsp3) is 0. The van der Waals surface area contributed by atoms with Crippen LogP contribution in [0.15, 0.2) is 231 Å². The van der Waals surface area contributed by atoms with Gasteiger partial charge in [-0.2, -0.15) is 0 Å². The number of fused-ring (bicyclic) bond motifs is 7. The first-order valence-electron chi connectivity index (χ1n) is 20.7. The van der Waals surface area contributed by atoms with E-state index in [9.17, 15) is 0 Å². The van der Waals surface area contributed by atoms with E-state index in [1.807, 2.05) is 0 Å². The van der Waals surface area contributed by atoms with Crippen LogP contribution in [0.1, 0.15) is 0 Å². The lowest BCUT2D eigenvalue weighted by Crippen LogP contribution is -1.95. The molecule has 12 aromatic rings. The summed E-state index contributed by atoms with van der Waals surface area (Å²) in [7, 11) is 0.